The molecule has 0 N–H and O–H groups in total. The molecular weight excluding hydrogens is 954 g/mol. The molecule has 0 bridgehead atoms. The molecule has 0 radical (unpaired) electrons. The largest absolute Gasteiger partial charge is 0.334 e. The van der Waals surface area contributed by atoms with E-state index in [2.05, 4.69) is 283 Å². The van der Waals surface area contributed by atoms with Crippen molar-refractivity contribution < 1.29 is 0 Å². The van der Waals surface area contributed by atoms with Gasteiger partial charge >= 0.3 is 0 Å². The van der Waals surface area contributed by atoms with Gasteiger partial charge in [0.05, 0.1) is 16.9 Å². The molecule has 0 saturated heterocycles. The van der Waals surface area contributed by atoms with E-state index in [0.29, 0.717) is 0 Å². The van der Waals surface area contributed by atoms with E-state index >= 15 is 0 Å². The van der Waals surface area contributed by atoms with Gasteiger partial charge < -0.3 is 14.7 Å². The second kappa shape index (κ2) is 17.1. The van der Waals surface area contributed by atoms with Crippen LogP contribution in [0.4, 0.5) is 45.5 Å². The zero-order chi connectivity index (χ0) is 55.7. The lowest BCUT2D eigenvalue weighted by Gasteiger charge is -2.46. The molecule has 1 fully saturated rings. The van der Waals surface area contributed by atoms with Crippen molar-refractivity contribution >= 4 is 68.6 Å². The summed E-state index contributed by atoms with van der Waals surface area (Å²) >= 11 is 0. The zero-order valence-corrected chi connectivity index (χ0v) is 50.3. The molecule has 8 aromatic carbocycles. The van der Waals surface area contributed by atoms with Crippen molar-refractivity contribution in [3.05, 3.63) is 197 Å². The minimum absolute atomic E-state index is 0.0315. The Morgan fingerprint density at radius 3 is 1.42 bits per heavy atom. The quantitative estimate of drug-likeness (QED) is 0.159. The van der Waals surface area contributed by atoms with E-state index in [4.69, 9.17) is 0 Å². The molecule has 2 unspecified atom stereocenters. The SMILES string of the molecule is Cc1cc2c3c(c1)N(c1ccc(C(C)(C)C)cc1-c1ccccc1)c1cc4c(cc1B3c1cc(N3c5ccc(C(C)(C)C)cc5C5(C)CC(C)(C)CC35C)ccc1N2c1ccc(C(C)(C)C)cc1-c1ccccc1)CC(C)(C)C4. The molecule has 3 nitrogen and oxygen atoms in total. The Hall–Kier alpha value is -6.78. The van der Waals surface area contributed by atoms with Crippen LogP contribution in [0.25, 0.3) is 22.3 Å². The van der Waals surface area contributed by atoms with E-state index < -0.39 is 0 Å². The molecule has 0 spiro atoms. The molecule has 0 aromatic heterocycles. The molecule has 3 aliphatic heterocycles. The molecule has 79 heavy (non-hydrogen) atoms. The van der Waals surface area contributed by atoms with Crippen LogP contribution in [0.1, 0.15) is 156 Å². The molecule has 8 aromatic rings. The van der Waals surface area contributed by atoms with Crippen LogP contribution in [0.3, 0.4) is 0 Å². The van der Waals surface area contributed by atoms with Crippen molar-refractivity contribution in [2.75, 3.05) is 14.7 Å². The number of aryl methyl sites for hydroxylation is 1. The summed E-state index contributed by atoms with van der Waals surface area (Å²) in [5, 5.41) is 0. The standard InChI is InChI=1S/C75H82BN3/c1-47-35-66-68-67(36-47)78(62-32-28-53(70(5,6)7)40-57(62)49-25-21-18-22-26-49)65-38-51-44-72(11,12)43-50(51)37-59(65)76(68)60-42-55(79-63-33-29-54(71(8,9)10)41-58(63)74(15)45-73(13,14)46-75(74,79)16)30-34-64(60)77(66)61-31-27-52(69(2,3)4)39-56(61)48-23-19-17-20-24-48/h17-42H,43-46H2,1-16H3. The summed E-state index contributed by atoms with van der Waals surface area (Å²) in [6.45, 7) is 38.6. The maximum absolute atomic E-state index is 2.82. The van der Waals surface area contributed by atoms with Crippen LogP contribution < -0.4 is 31.1 Å². The zero-order valence-electron chi connectivity index (χ0n) is 50.3. The van der Waals surface area contributed by atoms with E-state index in [1.807, 2.05) is 0 Å². The van der Waals surface area contributed by atoms with E-state index in [9.17, 15) is 0 Å². The van der Waals surface area contributed by atoms with Gasteiger partial charge in [-0.3, -0.25) is 0 Å². The molecule has 0 amide bonds. The normalized spacial score (nSPS) is 20.4. The van der Waals surface area contributed by atoms with Gasteiger partial charge in [-0.05, 0) is 200 Å². The Morgan fingerprint density at radius 1 is 0.418 bits per heavy atom. The maximum Gasteiger partial charge on any atom is 0.252 e. The van der Waals surface area contributed by atoms with Crippen LogP contribution in [0, 0.1) is 17.8 Å². The Kier molecular flexibility index (Phi) is 11.2. The Morgan fingerprint density at radius 2 is 0.886 bits per heavy atom. The van der Waals surface area contributed by atoms with Crippen LogP contribution in [-0.2, 0) is 34.5 Å². The fourth-order valence-corrected chi connectivity index (χ4v) is 15.8. The lowest BCUT2D eigenvalue weighted by molar-refractivity contribution is 0.330. The summed E-state index contributed by atoms with van der Waals surface area (Å²) in [6, 6.07) is 62.5. The van der Waals surface area contributed by atoms with Crippen molar-refractivity contribution in [3.8, 4) is 22.3 Å². The summed E-state index contributed by atoms with van der Waals surface area (Å²) in [5.41, 5.74) is 29.1. The van der Waals surface area contributed by atoms with Gasteiger partial charge in [-0.1, -0.05) is 188 Å². The first kappa shape index (κ1) is 51.6. The predicted octanol–water partition coefficient (Wildman–Crippen LogP) is 18.4. The van der Waals surface area contributed by atoms with Crippen molar-refractivity contribution in [1.29, 1.82) is 0 Å². The Labute approximate surface area is 474 Å². The minimum Gasteiger partial charge on any atom is -0.334 e. The molecular formula is C75H82BN3. The minimum atomic E-state index is -0.151. The number of anilines is 8. The fourth-order valence-electron chi connectivity index (χ4n) is 15.8. The first-order valence-electron chi connectivity index (χ1n) is 29.5. The highest BCUT2D eigenvalue weighted by molar-refractivity contribution is 7.00. The Bertz CT molecular complexity index is 3800. The second-order valence-corrected chi connectivity index (χ2v) is 29.9. The summed E-state index contributed by atoms with van der Waals surface area (Å²) < 4.78 is 0. The fraction of sp³-hybridized carbons (Fsp3) is 0.360. The smallest absolute Gasteiger partial charge is 0.252 e. The van der Waals surface area contributed by atoms with Crippen LogP contribution in [0.2, 0.25) is 0 Å². The van der Waals surface area contributed by atoms with Crippen LogP contribution in [0.5, 0.6) is 0 Å². The summed E-state index contributed by atoms with van der Waals surface area (Å²) in [6.07, 6.45) is 4.38. The lowest BCUT2D eigenvalue weighted by Crippen LogP contribution is -2.61. The third-order valence-corrected chi connectivity index (χ3v) is 19.5. The van der Waals surface area contributed by atoms with Crippen LogP contribution >= 0.6 is 0 Å². The average Bonchev–Trinajstić information content (AvgIpc) is 2.84. The summed E-state index contributed by atoms with van der Waals surface area (Å²) in [7, 11) is 0. The lowest BCUT2D eigenvalue weighted by atomic mass is 9.33. The van der Waals surface area contributed by atoms with E-state index in [-0.39, 0.29) is 44.7 Å². The van der Waals surface area contributed by atoms with E-state index in [1.165, 1.54) is 123 Å². The van der Waals surface area contributed by atoms with Gasteiger partial charge in [0.2, 0.25) is 0 Å². The summed E-state index contributed by atoms with van der Waals surface area (Å²) in [4.78, 5) is 8.19. The van der Waals surface area contributed by atoms with E-state index in [0.717, 1.165) is 25.7 Å². The molecule has 13 rings (SSSR count). The highest BCUT2D eigenvalue weighted by Crippen LogP contribution is 2.67. The average molecular weight is 1040 g/mol. The van der Waals surface area contributed by atoms with Gasteiger partial charge in [-0.2, -0.15) is 0 Å². The first-order valence-corrected chi connectivity index (χ1v) is 29.5. The highest BCUT2D eigenvalue weighted by atomic mass is 15.3. The molecule has 1 saturated carbocycles. The third-order valence-electron chi connectivity index (χ3n) is 19.5. The molecule has 400 valence electrons. The van der Waals surface area contributed by atoms with Crippen molar-refractivity contribution in [1.82, 2.24) is 0 Å². The molecule has 5 aliphatic rings. The van der Waals surface area contributed by atoms with Crippen LogP contribution in [0.15, 0.2) is 158 Å². The topological polar surface area (TPSA) is 9.72 Å². The Balaban J connectivity index is 1.14. The molecule has 2 atom stereocenters. The van der Waals surface area contributed by atoms with Gasteiger partial charge in [0.25, 0.3) is 6.71 Å². The predicted molar refractivity (Wildman–Crippen MR) is 341 cm³/mol. The van der Waals surface area contributed by atoms with Gasteiger partial charge in [-0.25, -0.2) is 0 Å². The monoisotopic (exact) mass is 1040 g/mol. The van der Waals surface area contributed by atoms with Gasteiger partial charge in [0.15, 0.2) is 0 Å². The van der Waals surface area contributed by atoms with Crippen molar-refractivity contribution in [3.63, 3.8) is 0 Å². The van der Waals surface area contributed by atoms with Crippen LogP contribution in [-0.4, -0.2) is 12.3 Å². The van der Waals surface area contributed by atoms with E-state index in [1.54, 1.807) is 0 Å². The first-order chi connectivity index (χ1) is 37.1. The van der Waals surface area contributed by atoms with Gasteiger partial charge in [0, 0.05) is 50.7 Å². The number of nitrogens with zero attached hydrogens (tertiary/aromatic N) is 3. The highest BCUT2D eigenvalue weighted by Gasteiger charge is 2.64. The number of hydrogen-bond donors (Lipinski definition) is 0. The third kappa shape index (κ3) is 8.03. The van der Waals surface area contributed by atoms with Crippen molar-refractivity contribution in [2.24, 2.45) is 10.8 Å². The number of rotatable bonds is 5. The molecule has 2 aliphatic carbocycles. The second-order valence-electron chi connectivity index (χ2n) is 29.9. The van der Waals surface area contributed by atoms with Crippen molar-refractivity contribution in [2.45, 2.75) is 164 Å². The molecule has 3 heterocycles. The van der Waals surface area contributed by atoms with Gasteiger partial charge in [-0.15, -0.1) is 0 Å². The van der Waals surface area contributed by atoms with Gasteiger partial charge in [0.1, 0.15) is 0 Å². The number of fused-ring (bicyclic) bond motifs is 8. The number of hydrogen-bond acceptors (Lipinski definition) is 3. The maximum atomic E-state index is 2.82. The number of benzene rings is 8. The molecule has 4 heteroatoms. The summed E-state index contributed by atoms with van der Waals surface area (Å²) in [5.74, 6) is 0.